The second-order valence-electron chi connectivity index (χ2n) is 29.1. The molecule has 2 amide bonds. The van der Waals surface area contributed by atoms with Crippen LogP contribution in [0.4, 0.5) is 22.0 Å². The number of carbonyl (C=O) groups excluding carboxylic acids is 4. The van der Waals surface area contributed by atoms with Crippen LogP contribution in [-0.4, -0.2) is 269 Å². The first kappa shape index (κ1) is 81.4. The number of Topliss-reactive ketones (excluding diaryl/α,β-unsaturated/α-hetero) is 1. The first-order chi connectivity index (χ1) is 53.8. The number of amides is 2. The molecule has 24 atom stereocenters. The molecule has 604 valence electrons. The highest BCUT2D eigenvalue weighted by Crippen LogP contribution is 2.44. The van der Waals surface area contributed by atoms with Crippen LogP contribution in [0.5, 0.6) is 0 Å². The molecular formula is C75H88F5N11O21. The number of halogens is 5. The Labute approximate surface area is 636 Å². The monoisotopic (exact) mass is 1570 g/mol. The van der Waals surface area contributed by atoms with Gasteiger partial charge in [0.25, 0.3) is 5.91 Å². The number of aromatic nitrogens is 9. The van der Waals surface area contributed by atoms with Crippen molar-refractivity contribution in [2.45, 2.75) is 213 Å². The van der Waals surface area contributed by atoms with E-state index < -0.39 is 212 Å². The molecule has 0 radical (unpaired) electrons. The fraction of sp³-hybridized carbons (Fsp3) is 0.547. The average Bonchev–Trinajstić information content (AvgIpc) is 1.35. The molecule has 0 bridgehead atoms. The summed E-state index contributed by atoms with van der Waals surface area (Å²) in [6, 6.07) is 16.2. The fourth-order valence-electron chi connectivity index (χ4n) is 15.3. The summed E-state index contributed by atoms with van der Waals surface area (Å²) in [5.74, 6) is -11.7. The molecule has 4 aromatic carbocycles. The maximum absolute atomic E-state index is 15.3. The van der Waals surface area contributed by atoms with Crippen LogP contribution in [0.1, 0.15) is 106 Å². The van der Waals surface area contributed by atoms with Crippen molar-refractivity contribution in [3.63, 3.8) is 0 Å². The van der Waals surface area contributed by atoms with Crippen molar-refractivity contribution in [1.82, 2.24) is 55.2 Å². The van der Waals surface area contributed by atoms with Crippen LogP contribution in [0.15, 0.2) is 104 Å². The Bertz CT molecular complexity index is 4360. The van der Waals surface area contributed by atoms with Crippen molar-refractivity contribution in [3.8, 4) is 33.8 Å². The summed E-state index contributed by atoms with van der Waals surface area (Å²) in [6.45, 7) is 3.55. The van der Waals surface area contributed by atoms with Gasteiger partial charge in [0.05, 0.1) is 67.8 Å². The summed E-state index contributed by atoms with van der Waals surface area (Å²) in [7, 11) is 0. The topological polar surface area (TPSA) is 432 Å². The van der Waals surface area contributed by atoms with Gasteiger partial charge < -0.3 is 94.1 Å². The van der Waals surface area contributed by atoms with Crippen LogP contribution in [0.3, 0.4) is 0 Å². The quantitative estimate of drug-likeness (QED) is 0.0153. The molecule has 112 heavy (non-hydrogen) atoms. The normalized spacial score (nSPS) is 31.8. The Morgan fingerprint density at radius 3 is 1.78 bits per heavy atom. The Balaban J connectivity index is 0.783. The number of benzene rings is 4. The molecule has 7 heterocycles. The Kier molecular flexibility index (Phi) is 25.7. The number of hydrogen-bond acceptors (Lipinski definition) is 27. The predicted octanol–water partition coefficient (Wildman–Crippen LogP) is 2.65. The van der Waals surface area contributed by atoms with E-state index in [2.05, 4.69) is 36.3 Å². The lowest BCUT2D eigenvalue weighted by Gasteiger charge is -2.49. The number of aryl methyl sites for hydroxylation is 1. The third-order valence-electron chi connectivity index (χ3n) is 21.6. The van der Waals surface area contributed by atoms with E-state index in [1.54, 1.807) is 59.6 Å². The first-order valence-electron chi connectivity index (χ1n) is 37.1. The second-order valence-corrected chi connectivity index (χ2v) is 29.1. The largest absolute Gasteiger partial charge is 0.450 e. The maximum Gasteiger partial charge on any atom is 0.338 e. The van der Waals surface area contributed by atoms with Gasteiger partial charge in [-0.2, -0.15) is 0 Å². The van der Waals surface area contributed by atoms with Gasteiger partial charge in [0.15, 0.2) is 54.1 Å². The van der Waals surface area contributed by atoms with Gasteiger partial charge in [-0.3, -0.25) is 14.4 Å². The molecular weight excluding hydrogens is 1490 g/mol. The number of nitrogens with zero attached hydrogens (tertiary/aromatic N) is 10. The van der Waals surface area contributed by atoms with Crippen LogP contribution in [0.25, 0.3) is 33.8 Å². The van der Waals surface area contributed by atoms with Crippen LogP contribution in [0.2, 0.25) is 0 Å². The molecule has 6 fully saturated rings. The number of carbonyl (C=O) groups is 4. The van der Waals surface area contributed by atoms with Crippen LogP contribution in [-0.2, 0) is 52.3 Å². The third-order valence-corrected chi connectivity index (χ3v) is 21.6. The SMILES string of the molecule is CCC[C@H](OC1C(OC(=O)c2ccccc2)[C@H](O[C@@H]2CC(C(=O)CCCNC(=O)[C@H]3CC(n4cc(-c5cc(F)c(F)c(F)c5)nn4)C(O)[C@H](O[C@@H]4OC(CO)[C@H](O)[C@@H](n5cc(-c6cc(C)c(F)c(F)c6)nn5)C4O)C3)C[C@@H](n3cc(-c4ccccc4)nn3)C2O[C@@H]2OC(C)[C@@H](O)[C@H](O)C2O)O[C@@H](CO)[C@@H]1O)C(=O)N1CCC1. The van der Waals surface area contributed by atoms with Gasteiger partial charge in [-0.05, 0) is 101 Å². The Morgan fingerprint density at radius 1 is 0.580 bits per heavy atom. The smallest absolute Gasteiger partial charge is 0.338 e. The van der Waals surface area contributed by atoms with Crippen LogP contribution >= 0.6 is 0 Å². The molecule has 4 aliphatic heterocycles. The van der Waals surface area contributed by atoms with Gasteiger partial charge in [-0.15, -0.1) is 15.3 Å². The fourth-order valence-corrected chi connectivity index (χ4v) is 15.3. The standard InChI is InChI=1S/C75H88F5N11O21/c1-4-13-52(71(103)88-20-12-21-88)106-68-63(98)56(34-93)110-75(69(68)111-72(104)38-16-9-6-10-17-38)108-54-28-41(26-50(90-30-46(82-86-90)37-14-7-5-8-15-37)67(54)112-74-66(101)65(100)60(95)36(3)105-74)51(94)18-11-19-81-70(102)42-27-49(89-31-47(83-85-89)40-24-44(77)58(80)45(78)25-40)61(96)53(29-42)107-73-64(99)59(62(97)55(33-92)109-73)91-32-48(84-87-91)39-22-35(2)57(79)43(76)23-39/h5-10,14-17,22-25,30-32,36,41-42,49-50,52-56,59-69,73-75,92-93,95-101H,4,11-13,18-21,26-29,33-34H2,1-3H3,(H,81,102)/t36?,41?,42-,49?,50+,52-,53+,54+,55?,56-,59+,60+,61?,62-,63-,64?,65-,66?,67?,68?,69?,73+,74-,75+/m0/s1. The minimum atomic E-state index is -1.91. The minimum absolute atomic E-state index is 0.0109. The third kappa shape index (κ3) is 17.4. The van der Waals surface area contributed by atoms with Gasteiger partial charge in [0, 0.05) is 54.6 Å². The lowest BCUT2D eigenvalue weighted by atomic mass is 9.78. The Hall–Kier alpha value is -8.61. The number of esters is 1. The van der Waals surface area contributed by atoms with E-state index in [4.69, 9.17) is 37.9 Å². The molecule has 10 unspecified atom stereocenters. The van der Waals surface area contributed by atoms with E-state index >= 15 is 4.79 Å². The lowest BCUT2D eigenvalue weighted by Crippen LogP contribution is -2.64. The number of aliphatic hydroxyl groups excluding tert-OH is 9. The number of ketones is 1. The van der Waals surface area contributed by atoms with E-state index in [-0.39, 0.29) is 85.1 Å². The van der Waals surface area contributed by atoms with Crippen molar-refractivity contribution in [2.75, 3.05) is 32.8 Å². The molecule has 4 saturated heterocycles. The van der Waals surface area contributed by atoms with E-state index in [0.717, 1.165) is 21.9 Å². The van der Waals surface area contributed by atoms with Crippen LogP contribution in [0, 0.1) is 47.8 Å². The lowest BCUT2D eigenvalue weighted by molar-refractivity contribution is -0.348. The summed E-state index contributed by atoms with van der Waals surface area (Å²) < 4.78 is 127. The number of aliphatic hydroxyl groups is 9. The molecule has 7 aromatic rings. The number of likely N-dealkylation sites (tertiary alicyclic amines) is 1. The number of nitrogens with one attached hydrogen (secondary N) is 1. The molecule has 2 saturated carbocycles. The highest BCUT2D eigenvalue weighted by molar-refractivity contribution is 5.89. The zero-order valence-corrected chi connectivity index (χ0v) is 60.9. The molecule has 32 nitrogen and oxygen atoms in total. The molecule has 0 spiro atoms. The zero-order valence-electron chi connectivity index (χ0n) is 60.9. The van der Waals surface area contributed by atoms with E-state index in [0.29, 0.717) is 42.9 Å². The molecule has 3 aromatic heterocycles. The van der Waals surface area contributed by atoms with Gasteiger partial charge >= 0.3 is 5.97 Å². The summed E-state index contributed by atoms with van der Waals surface area (Å²) in [4.78, 5) is 60.1. The van der Waals surface area contributed by atoms with E-state index in [9.17, 15) is 82.3 Å². The average molecular weight is 1570 g/mol. The number of ether oxygens (including phenoxy) is 8. The minimum Gasteiger partial charge on any atom is -0.450 e. The van der Waals surface area contributed by atoms with Gasteiger partial charge in [-0.1, -0.05) is 77.5 Å². The van der Waals surface area contributed by atoms with Crippen molar-refractivity contribution in [3.05, 3.63) is 144 Å². The summed E-state index contributed by atoms with van der Waals surface area (Å²) in [5.41, 5.74) is 0.611. The van der Waals surface area contributed by atoms with Gasteiger partial charge in [0.1, 0.15) is 102 Å². The van der Waals surface area contributed by atoms with Gasteiger partial charge in [-0.25, -0.2) is 40.8 Å². The summed E-state index contributed by atoms with van der Waals surface area (Å²) >= 11 is 0. The first-order valence-corrected chi connectivity index (χ1v) is 37.1. The summed E-state index contributed by atoms with van der Waals surface area (Å²) in [6.07, 6.45) is -27.0. The molecule has 37 heteroatoms. The molecule has 13 rings (SSSR count). The van der Waals surface area contributed by atoms with Crippen molar-refractivity contribution < 1.29 is 125 Å². The van der Waals surface area contributed by atoms with Gasteiger partial charge in [0.2, 0.25) is 5.91 Å². The zero-order chi connectivity index (χ0) is 79.5. The predicted molar refractivity (Wildman–Crippen MR) is 374 cm³/mol. The molecule has 2 aliphatic carbocycles. The maximum atomic E-state index is 15.3. The van der Waals surface area contributed by atoms with Crippen LogP contribution < -0.4 is 5.32 Å². The Morgan fingerprint density at radius 2 is 1.14 bits per heavy atom. The summed E-state index contributed by atoms with van der Waals surface area (Å²) in [5, 5.41) is 131. The molecule has 10 N–H and O–H groups in total. The second kappa shape index (κ2) is 35.4. The van der Waals surface area contributed by atoms with Crippen molar-refractivity contribution in [2.24, 2.45) is 11.8 Å². The van der Waals surface area contributed by atoms with Crippen molar-refractivity contribution >= 4 is 23.6 Å². The van der Waals surface area contributed by atoms with Crippen molar-refractivity contribution in [1.29, 1.82) is 0 Å². The van der Waals surface area contributed by atoms with E-state index in [1.165, 1.54) is 49.1 Å². The number of rotatable bonds is 27. The molecule has 6 aliphatic rings. The van der Waals surface area contributed by atoms with E-state index in [1.807, 2.05) is 6.92 Å². The number of hydrogen-bond donors (Lipinski definition) is 10. The highest BCUT2D eigenvalue weighted by atomic mass is 19.2. The highest BCUT2D eigenvalue weighted by Gasteiger charge is 2.56.